The number of nitrogens with zero attached hydrogens (tertiary/aromatic N) is 2. The second-order valence-electron chi connectivity index (χ2n) is 7.48. The van der Waals surface area contributed by atoms with Crippen molar-refractivity contribution in [3.63, 3.8) is 0 Å². The minimum Gasteiger partial charge on any atom is -0.382 e. The van der Waals surface area contributed by atoms with Crippen molar-refractivity contribution in [2.45, 2.75) is 37.6 Å². The molecule has 0 radical (unpaired) electrons. The number of anilines is 1. The lowest BCUT2D eigenvalue weighted by atomic mass is 9.89. The number of carbonyl (C=O) groups is 2. The van der Waals surface area contributed by atoms with Gasteiger partial charge in [-0.2, -0.15) is 13.2 Å². The lowest BCUT2D eigenvalue weighted by molar-refractivity contribution is -0.255. The molecule has 32 heavy (non-hydrogen) atoms. The van der Waals surface area contributed by atoms with Crippen molar-refractivity contribution in [1.82, 2.24) is 15.3 Å². The van der Waals surface area contributed by atoms with E-state index in [1.165, 1.54) is 12.3 Å². The number of primary amides is 1. The van der Waals surface area contributed by atoms with Gasteiger partial charge in [0.15, 0.2) is 11.5 Å². The molecule has 2 amide bonds. The van der Waals surface area contributed by atoms with Crippen LogP contribution in [0.4, 0.5) is 19.0 Å². The quantitative estimate of drug-likeness (QED) is 0.530. The van der Waals surface area contributed by atoms with E-state index in [1.807, 2.05) is 0 Å². The number of rotatable bonds is 5. The predicted molar refractivity (Wildman–Crippen MR) is 107 cm³/mol. The second kappa shape index (κ2) is 8.71. The summed E-state index contributed by atoms with van der Waals surface area (Å²) in [5.74, 6) is -2.75. The van der Waals surface area contributed by atoms with Gasteiger partial charge in [0.2, 0.25) is 0 Å². The zero-order chi connectivity index (χ0) is 23.7. The molecular weight excluding hydrogens is 431 g/mol. The van der Waals surface area contributed by atoms with Crippen molar-refractivity contribution in [1.29, 1.82) is 0 Å². The number of carbonyl (C=O) groups excluding carboxylic acids is 2. The molecule has 1 saturated heterocycles. The van der Waals surface area contributed by atoms with Crippen LogP contribution in [-0.2, 0) is 15.1 Å². The van der Waals surface area contributed by atoms with Gasteiger partial charge in [-0.3, -0.25) is 9.59 Å². The Hall–Kier alpha value is -3.25. The van der Waals surface area contributed by atoms with Crippen molar-refractivity contribution in [3.05, 3.63) is 41.2 Å². The molecule has 2 atom stereocenters. The molecule has 0 saturated carbocycles. The van der Waals surface area contributed by atoms with E-state index in [1.54, 1.807) is 6.92 Å². The Balaban J connectivity index is 2.01. The number of nitrogens with two attached hydrogens (primary N) is 2. The Labute approximate surface area is 181 Å². The van der Waals surface area contributed by atoms with E-state index in [4.69, 9.17) is 16.2 Å². The van der Waals surface area contributed by atoms with Crippen molar-refractivity contribution in [3.8, 4) is 11.3 Å². The number of nitrogen functional groups attached to an aromatic ring is 1. The van der Waals surface area contributed by atoms with Gasteiger partial charge in [0, 0.05) is 17.7 Å². The van der Waals surface area contributed by atoms with Crippen LogP contribution in [0.25, 0.3) is 11.3 Å². The summed E-state index contributed by atoms with van der Waals surface area (Å²) in [4.78, 5) is 32.3. The normalized spacial score (nSPS) is 18.6. The zero-order valence-electron chi connectivity index (χ0n) is 17.1. The first-order chi connectivity index (χ1) is 14.9. The third-order valence-electron chi connectivity index (χ3n) is 5.21. The van der Waals surface area contributed by atoms with Gasteiger partial charge in [0.05, 0.1) is 24.5 Å². The molecular formula is C20H22F3N5O4. The average molecular weight is 453 g/mol. The zero-order valence-corrected chi connectivity index (χ0v) is 17.1. The highest BCUT2D eigenvalue weighted by Crippen LogP contribution is 2.40. The number of halogens is 3. The summed E-state index contributed by atoms with van der Waals surface area (Å²) in [5, 5.41) is 12.8. The molecule has 172 valence electrons. The first kappa shape index (κ1) is 23.4. The number of aryl methyl sites for hydroxylation is 1. The Morgan fingerprint density at radius 3 is 2.62 bits per heavy atom. The highest BCUT2D eigenvalue weighted by Gasteiger charge is 2.60. The SMILES string of the molecule is Cc1ccc(C(O)(C(N)=O)C(F)(F)F)cc1-c1cnc(N)c(C(=O)NC2CCCOC2)n1. The minimum absolute atomic E-state index is 0.0255. The molecule has 12 heteroatoms. The maximum absolute atomic E-state index is 13.5. The number of benzene rings is 1. The number of hydrogen-bond acceptors (Lipinski definition) is 7. The fourth-order valence-corrected chi connectivity index (χ4v) is 3.37. The minimum atomic E-state index is -5.36. The van der Waals surface area contributed by atoms with E-state index >= 15 is 0 Å². The Morgan fingerprint density at radius 2 is 2.03 bits per heavy atom. The summed E-state index contributed by atoms with van der Waals surface area (Å²) in [6, 6.07) is 2.91. The van der Waals surface area contributed by atoms with Gasteiger partial charge in [0.25, 0.3) is 17.4 Å². The summed E-state index contributed by atoms with van der Waals surface area (Å²) in [6.07, 6.45) is -2.69. The summed E-state index contributed by atoms with van der Waals surface area (Å²) >= 11 is 0. The van der Waals surface area contributed by atoms with Gasteiger partial charge in [-0.25, -0.2) is 9.97 Å². The summed E-state index contributed by atoms with van der Waals surface area (Å²) < 4.78 is 45.7. The third kappa shape index (κ3) is 4.36. The largest absolute Gasteiger partial charge is 0.430 e. The molecule has 6 N–H and O–H groups in total. The van der Waals surface area contributed by atoms with Crippen LogP contribution < -0.4 is 16.8 Å². The number of aromatic nitrogens is 2. The van der Waals surface area contributed by atoms with E-state index in [0.717, 1.165) is 18.6 Å². The van der Waals surface area contributed by atoms with Crippen LogP contribution in [0, 0.1) is 6.92 Å². The van der Waals surface area contributed by atoms with Crippen LogP contribution in [0.1, 0.15) is 34.5 Å². The lowest BCUT2D eigenvalue weighted by Crippen LogP contribution is -2.52. The molecule has 1 aliphatic rings. The molecule has 2 unspecified atom stereocenters. The highest BCUT2D eigenvalue weighted by molar-refractivity contribution is 5.97. The fourth-order valence-electron chi connectivity index (χ4n) is 3.37. The van der Waals surface area contributed by atoms with Crippen LogP contribution in [0.15, 0.2) is 24.4 Å². The van der Waals surface area contributed by atoms with Crippen LogP contribution in [0.3, 0.4) is 0 Å². The first-order valence-electron chi connectivity index (χ1n) is 9.66. The van der Waals surface area contributed by atoms with Gasteiger partial charge in [-0.05, 0) is 31.4 Å². The first-order valence-corrected chi connectivity index (χ1v) is 9.66. The molecule has 1 aromatic heterocycles. The van der Waals surface area contributed by atoms with Crippen molar-refractivity contribution < 1.29 is 32.6 Å². The summed E-state index contributed by atoms with van der Waals surface area (Å²) in [5.41, 5.74) is 6.34. The molecule has 0 spiro atoms. The van der Waals surface area contributed by atoms with E-state index in [0.29, 0.717) is 25.2 Å². The summed E-state index contributed by atoms with van der Waals surface area (Å²) in [7, 11) is 0. The predicted octanol–water partition coefficient (Wildman–Crippen LogP) is 1.18. The van der Waals surface area contributed by atoms with Gasteiger partial charge in [0.1, 0.15) is 0 Å². The molecule has 0 aliphatic carbocycles. The Morgan fingerprint density at radius 1 is 1.31 bits per heavy atom. The van der Waals surface area contributed by atoms with Gasteiger partial charge in [-0.15, -0.1) is 0 Å². The van der Waals surface area contributed by atoms with Crippen LogP contribution in [-0.4, -0.2) is 52.3 Å². The number of amides is 2. The molecule has 0 bridgehead atoms. The van der Waals surface area contributed by atoms with E-state index in [2.05, 4.69) is 15.3 Å². The highest BCUT2D eigenvalue weighted by atomic mass is 19.4. The van der Waals surface area contributed by atoms with Crippen molar-refractivity contribution >= 4 is 17.6 Å². The molecule has 2 heterocycles. The molecule has 1 fully saturated rings. The van der Waals surface area contributed by atoms with Gasteiger partial charge < -0.3 is 26.6 Å². The van der Waals surface area contributed by atoms with Crippen molar-refractivity contribution in [2.24, 2.45) is 5.73 Å². The number of alkyl halides is 3. The van der Waals surface area contributed by atoms with E-state index in [-0.39, 0.29) is 28.8 Å². The Kier molecular flexibility index (Phi) is 6.37. The van der Waals surface area contributed by atoms with Crippen LogP contribution >= 0.6 is 0 Å². The van der Waals surface area contributed by atoms with Crippen LogP contribution in [0.2, 0.25) is 0 Å². The van der Waals surface area contributed by atoms with Crippen LogP contribution in [0.5, 0.6) is 0 Å². The maximum Gasteiger partial charge on any atom is 0.430 e. The second-order valence-corrected chi connectivity index (χ2v) is 7.48. The molecule has 1 aromatic carbocycles. The molecule has 1 aliphatic heterocycles. The van der Waals surface area contributed by atoms with E-state index in [9.17, 15) is 27.9 Å². The molecule has 9 nitrogen and oxygen atoms in total. The molecule has 2 aromatic rings. The van der Waals surface area contributed by atoms with E-state index < -0.39 is 29.2 Å². The maximum atomic E-state index is 13.5. The lowest BCUT2D eigenvalue weighted by Gasteiger charge is -2.28. The number of hydrogen-bond donors (Lipinski definition) is 4. The average Bonchev–Trinajstić information content (AvgIpc) is 2.73. The Bertz CT molecular complexity index is 1040. The standard InChI is InChI=1S/C20H22F3N5O4/c1-10-4-5-11(19(31,18(25)30)20(21,22)23)7-13(10)14-8-26-16(24)15(28-14)17(29)27-12-3-2-6-32-9-12/h4-5,7-8,12,31H,2-3,6,9H2,1H3,(H2,24,26)(H2,25,30)(H,27,29). The molecule has 3 rings (SSSR count). The summed E-state index contributed by atoms with van der Waals surface area (Å²) in [6.45, 7) is 2.52. The van der Waals surface area contributed by atoms with Gasteiger partial charge >= 0.3 is 6.18 Å². The number of aliphatic hydroxyl groups is 1. The number of nitrogens with one attached hydrogen (secondary N) is 1. The topological polar surface area (TPSA) is 153 Å². The smallest absolute Gasteiger partial charge is 0.382 e. The van der Waals surface area contributed by atoms with Crippen molar-refractivity contribution in [2.75, 3.05) is 18.9 Å². The monoisotopic (exact) mass is 453 g/mol. The third-order valence-corrected chi connectivity index (χ3v) is 5.21. The number of ether oxygens (including phenoxy) is 1. The van der Waals surface area contributed by atoms with Gasteiger partial charge in [-0.1, -0.05) is 12.1 Å². The fraction of sp³-hybridized carbons (Fsp3) is 0.400.